The van der Waals surface area contributed by atoms with E-state index in [1.807, 2.05) is 0 Å². The van der Waals surface area contributed by atoms with Crippen LogP contribution in [0.25, 0.3) is 0 Å². The molecule has 0 radical (unpaired) electrons. The molecule has 1 aromatic heterocycles. The van der Waals surface area contributed by atoms with Crippen LogP contribution < -0.4 is 5.32 Å². The smallest absolute Gasteiger partial charge is 0.342 e. The summed E-state index contributed by atoms with van der Waals surface area (Å²) in [4.78, 5) is 36.5. The molecule has 0 aliphatic rings. The van der Waals surface area contributed by atoms with Gasteiger partial charge >= 0.3 is 11.9 Å². The number of nitrogens with one attached hydrogen (secondary N) is 1. The second kappa shape index (κ2) is 9.10. The minimum Gasteiger partial charge on any atom is -0.462 e. The first-order chi connectivity index (χ1) is 12.5. The Balaban J connectivity index is 2.21. The summed E-state index contributed by atoms with van der Waals surface area (Å²) in [6, 6.07) is 5.52. The van der Waals surface area contributed by atoms with E-state index in [9.17, 15) is 18.8 Å². The fraction of sp³-hybridized carbons (Fsp3) is 0.278. The van der Waals surface area contributed by atoms with Crippen molar-refractivity contribution < 1.29 is 28.2 Å². The van der Waals surface area contributed by atoms with Crippen LogP contribution in [-0.4, -0.2) is 31.1 Å². The van der Waals surface area contributed by atoms with Gasteiger partial charge in [0.25, 0.3) is 0 Å². The van der Waals surface area contributed by atoms with Crippen molar-refractivity contribution in [3.63, 3.8) is 0 Å². The molecule has 1 heterocycles. The summed E-state index contributed by atoms with van der Waals surface area (Å²) in [5, 5.41) is 4.26. The molecular weight excluding hydrogens is 361 g/mol. The third-order valence-corrected chi connectivity index (χ3v) is 4.19. The highest BCUT2D eigenvalue weighted by molar-refractivity contribution is 7.15. The zero-order valence-corrected chi connectivity index (χ0v) is 15.2. The van der Waals surface area contributed by atoms with Crippen molar-refractivity contribution in [2.24, 2.45) is 0 Å². The minimum absolute atomic E-state index is 0.00478. The van der Waals surface area contributed by atoms with Gasteiger partial charge in [-0.2, -0.15) is 0 Å². The lowest BCUT2D eigenvalue weighted by Crippen LogP contribution is -2.18. The van der Waals surface area contributed by atoms with Gasteiger partial charge in [-0.05, 0) is 31.5 Å². The summed E-state index contributed by atoms with van der Waals surface area (Å²) in [5.74, 6) is -2.17. The molecule has 1 N–H and O–H groups in total. The monoisotopic (exact) mass is 379 g/mol. The van der Waals surface area contributed by atoms with E-state index in [0.29, 0.717) is 5.56 Å². The lowest BCUT2D eigenvalue weighted by molar-refractivity contribution is -0.115. The van der Waals surface area contributed by atoms with Crippen LogP contribution in [0.15, 0.2) is 29.6 Å². The van der Waals surface area contributed by atoms with Gasteiger partial charge in [0.15, 0.2) is 0 Å². The molecular formula is C18H18FNO5S. The number of thiophene rings is 1. The number of rotatable bonds is 7. The van der Waals surface area contributed by atoms with Crippen LogP contribution in [0.4, 0.5) is 9.39 Å². The number of anilines is 1. The molecule has 6 nitrogen and oxygen atoms in total. The molecule has 0 aliphatic carbocycles. The van der Waals surface area contributed by atoms with E-state index in [2.05, 4.69) is 5.32 Å². The lowest BCUT2D eigenvalue weighted by Gasteiger charge is -2.08. The van der Waals surface area contributed by atoms with E-state index in [1.54, 1.807) is 13.8 Å². The van der Waals surface area contributed by atoms with Crippen molar-refractivity contribution in [3.05, 3.63) is 52.2 Å². The van der Waals surface area contributed by atoms with Crippen LogP contribution in [0.3, 0.4) is 0 Å². The third-order valence-electron chi connectivity index (χ3n) is 3.30. The molecule has 2 aromatic rings. The van der Waals surface area contributed by atoms with Gasteiger partial charge in [0.05, 0.1) is 25.2 Å². The fourth-order valence-electron chi connectivity index (χ4n) is 2.17. The first-order valence-electron chi connectivity index (χ1n) is 7.96. The molecule has 0 aliphatic heterocycles. The number of hydrogen-bond acceptors (Lipinski definition) is 6. The number of ether oxygens (including phenoxy) is 2. The standard InChI is InChI=1S/C18H18FNO5S/c1-3-24-17(22)13-10-26-16(15(13)18(23)25-4-2)20-14(21)9-11-5-7-12(19)8-6-11/h5-8,10H,3-4,9H2,1-2H3,(H,20,21). The number of halogens is 1. The van der Waals surface area contributed by atoms with Crippen molar-refractivity contribution in [2.45, 2.75) is 20.3 Å². The van der Waals surface area contributed by atoms with E-state index in [0.717, 1.165) is 11.3 Å². The molecule has 2 rings (SSSR count). The van der Waals surface area contributed by atoms with Crippen LogP contribution in [0.2, 0.25) is 0 Å². The van der Waals surface area contributed by atoms with Crippen molar-refractivity contribution in [1.82, 2.24) is 0 Å². The number of amides is 1. The van der Waals surface area contributed by atoms with E-state index in [4.69, 9.17) is 9.47 Å². The highest BCUT2D eigenvalue weighted by atomic mass is 32.1. The van der Waals surface area contributed by atoms with Gasteiger partial charge in [-0.25, -0.2) is 14.0 Å². The molecule has 138 valence electrons. The predicted octanol–water partition coefficient (Wildman–Crippen LogP) is 3.42. The molecule has 0 unspecified atom stereocenters. The average Bonchev–Trinajstić information content (AvgIpc) is 3.01. The SMILES string of the molecule is CCOC(=O)c1csc(NC(=O)Cc2ccc(F)cc2)c1C(=O)OCC. The fourth-order valence-corrected chi connectivity index (χ4v) is 3.11. The number of carbonyl (C=O) groups excluding carboxylic acids is 3. The van der Waals surface area contributed by atoms with Gasteiger partial charge in [0.1, 0.15) is 16.4 Å². The first-order valence-corrected chi connectivity index (χ1v) is 8.84. The number of carbonyl (C=O) groups is 3. The van der Waals surface area contributed by atoms with Crippen molar-refractivity contribution in [2.75, 3.05) is 18.5 Å². The zero-order chi connectivity index (χ0) is 19.1. The largest absolute Gasteiger partial charge is 0.462 e. The predicted molar refractivity (Wildman–Crippen MR) is 95.0 cm³/mol. The topological polar surface area (TPSA) is 81.7 Å². The van der Waals surface area contributed by atoms with Crippen LogP contribution in [0.1, 0.15) is 40.1 Å². The molecule has 26 heavy (non-hydrogen) atoms. The second-order valence-corrected chi connectivity index (χ2v) is 6.03. The quantitative estimate of drug-likeness (QED) is 0.746. The Morgan fingerprint density at radius 2 is 1.65 bits per heavy atom. The average molecular weight is 379 g/mol. The highest BCUT2D eigenvalue weighted by Crippen LogP contribution is 2.30. The van der Waals surface area contributed by atoms with Crippen molar-refractivity contribution in [1.29, 1.82) is 0 Å². The third kappa shape index (κ3) is 4.89. The van der Waals surface area contributed by atoms with E-state index in [-0.39, 0.29) is 35.8 Å². The van der Waals surface area contributed by atoms with Crippen molar-refractivity contribution >= 4 is 34.2 Å². The summed E-state index contributed by atoms with van der Waals surface area (Å²) in [5.41, 5.74) is 0.638. The molecule has 1 aromatic carbocycles. The van der Waals surface area contributed by atoms with Gasteiger partial charge < -0.3 is 14.8 Å². The Bertz CT molecular complexity index is 800. The van der Waals surface area contributed by atoms with Crippen LogP contribution in [0, 0.1) is 5.82 Å². The van der Waals surface area contributed by atoms with Gasteiger partial charge in [-0.3, -0.25) is 4.79 Å². The Morgan fingerprint density at radius 3 is 2.27 bits per heavy atom. The molecule has 0 fully saturated rings. The van der Waals surface area contributed by atoms with E-state index in [1.165, 1.54) is 29.6 Å². The number of hydrogen-bond donors (Lipinski definition) is 1. The summed E-state index contributed by atoms with van der Waals surface area (Å²) in [6.45, 7) is 3.57. The van der Waals surface area contributed by atoms with Crippen LogP contribution in [-0.2, 0) is 20.7 Å². The Labute approximate surface area is 153 Å². The first kappa shape index (κ1) is 19.6. The second-order valence-electron chi connectivity index (χ2n) is 5.15. The molecule has 0 saturated heterocycles. The Kier molecular flexibility index (Phi) is 6.85. The lowest BCUT2D eigenvalue weighted by atomic mass is 10.1. The van der Waals surface area contributed by atoms with Gasteiger partial charge in [0.2, 0.25) is 5.91 Å². The van der Waals surface area contributed by atoms with Gasteiger partial charge in [-0.1, -0.05) is 12.1 Å². The molecule has 8 heteroatoms. The minimum atomic E-state index is -0.714. The molecule has 0 saturated carbocycles. The summed E-state index contributed by atoms with van der Waals surface area (Å²) >= 11 is 1.03. The van der Waals surface area contributed by atoms with Gasteiger partial charge in [-0.15, -0.1) is 11.3 Å². The summed E-state index contributed by atoms with van der Waals surface area (Å²) < 4.78 is 22.8. The molecule has 0 spiro atoms. The highest BCUT2D eigenvalue weighted by Gasteiger charge is 2.26. The van der Waals surface area contributed by atoms with E-state index < -0.39 is 23.7 Å². The van der Waals surface area contributed by atoms with Crippen molar-refractivity contribution in [3.8, 4) is 0 Å². The Morgan fingerprint density at radius 1 is 1.04 bits per heavy atom. The van der Waals surface area contributed by atoms with Gasteiger partial charge in [0, 0.05) is 5.38 Å². The summed E-state index contributed by atoms with van der Waals surface area (Å²) in [7, 11) is 0. The maximum atomic E-state index is 12.9. The number of benzene rings is 1. The normalized spacial score (nSPS) is 10.3. The van der Waals surface area contributed by atoms with Crippen LogP contribution in [0.5, 0.6) is 0 Å². The summed E-state index contributed by atoms with van der Waals surface area (Å²) in [6.07, 6.45) is -0.00478. The Hall–Kier alpha value is -2.74. The molecule has 1 amide bonds. The molecule has 0 bridgehead atoms. The maximum absolute atomic E-state index is 12.9. The van der Waals surface area contributed by atoms with E-state index >= 15 is 0 Å². The number of esters is 2. The molecule has 0 atom stereocenters. The maximum Gasteiger partial charge on any atom is 0.342 e. The van der Waals surface area contributed by atoms with Crippen LogP contribution >= 0.6 is 11.3 Å². The zero-order valence-electron chi connectivity index (χ0n) is 14.3.